The predicted octanol–water partition coefficient (Wildman–Crippen LogP) is 17.8. The van der Waals surface area contributed by atoms with Gasteiger partial charge in [0.05, 0.1) is 6.61 Å². The number of hydrogen-bond donors (Lipinski definition) is 0. The number of esters is 2. The van der Waals surface area contributed by atoms with Gasteiger partial charge in [0.2, 0.25) is 0 Å². The van der Waals surface area contributed by atoms with Crippen molar-refractivity contribution < 1.29 is 23.8 Å². The Labute approximate surface area is 374 Å². The van der Waals surface area contributed by atoms with Crippen molar-refractivity contribution in [3.63, 3.8) is 0 Å². The Hall–Kier alpha value is -1.88. The molecular formula is C55H102O5. The van der Waals surface area contributed by atoms with Crippen LogP contribution < -0.4 is 0 Å². The van der Waals surface area contributed by atoms with Crippen LogP contribution in [0.2, 0.25) is 0 Å². The van der Waals surface area contributed by atoms with E-state index in [1.165, 1.54) is 180 Å². The lowest BCUT2D eigenvalue weighted by molar-refractivity contribution is -0.163. The Balaban J connectivity index is 4.14. The van der Waals surface area contributed by atoms with E-state index in [-0.39, 0.29) is 25.2 Å². The third-order valence-electron chi connectivity index (χ3n) is 11.7. The standard InChI is InChI=1S/C55H102O5/c1-4-7-10-13-16-19-21-23-25-27-28-30-31-33-35-37-39-42-45-48-54(56)59-52-53(51-58-50-47-44-41-18-15-12-9-6-3)60-55(57)49-46-43-40-38-36-34-32-29-26-24-22-20-17-14-11-8-5-2/h16,19,23,25,28,30,53H,4-15,17-18,20-22,24,26-27,29,31-52H2,1-3H3/b19-16-,25-23-,30-28-. The molecule has 352 valence electrons. The van der Waals surface area contributed by atoms with Gasteiger partial charge in [0.25, 0.3) is 0 Å². The zero-order valence-corrected chi connectivity index (χ0v) is 40.5. The van der Waals surface area contributed by atoms with Gasteiger partial charge in [0, 0.05) is 19.4 Å². The van der Waals surface area contributed by atoms with E-state index in [0.29, 0.717) is 19.4 Å². The summed E-state index contributed by atoms with van der Waals surface area (Å²) in [5.41, 5.74) is 0. The summed E-state index contributed by atoms with van der Waals surface area (Å²) in [6, 6.07) is 0. The van der Waals surface area contributed by atoms with Crippen LogP contribution in [0.25, 0.3) is 0 Å². The van der Waals surface area contributed by atoms with Gasteiger partial charge in [-0.25, -0.2) is 0 Å². The summed E-state index contributed by atoms with van der Waals surface area (Å²) >= 11 is 0. The molecule has 0 spiro atoms. The Morgan fingerprint density at radius 1 is 0.367 bits per heavy atom. The fourth-order valence-corrected chi connectivity index (χ4v) is 7.69. The molecular weight excluding hydrogens is 741 g/mol. The van der Waals surface area contributed by atoms with Gasteiger partial charge in [-0.3, -0.25) is 9.59 Å². The van der Waals surface area contributed by atoms with Gasteiger partial charge in [-0.05, 0) is 57.8 Å². The van der Waals surface area contributed by atoms with Crippen molar-refractivity contribution in [3.8, 4) is 0 Å². The Morgan fingerprint density at radius 3 is 1.15 bits per heavy atom. The molecule has 0 aliphatic heterocycles. The summed E-state index contributed by atoms with van der Waals surface area (Å²) in [5, 5.41) is 0. The van der Waals surface area contributed by atoms with Crippen LogP contribution in [0.1, 0.15) is 278 Å². The molecule has 0 aromatic heterocycles. The largest absolute Gasteiger partial charge is 0.462 e. The van der Waals surface area contributed by atoms with Gasteiger partial charge in [0.1, 0.15) is 6.61 Å². The van der Waals surface area contributed by atoms with Gasteiger partial charge in [-0.2, -0.15) is 0 Å². The lowest BCUT2D eigenvalue weighted by Gasteiger charge is -2.18. The second-order valence-corrected chi connectivity index (χ2v) is 17.8. The molecule has 0 saturated heterocycles. The average Bonchev–Trinajstić information content (AvgIpc) is 3.25. The van der Waals surface area contributed by atoms with Crippen LogP contribution in [0.5, 0.6) is 0 Å². The van der Waals surface area contributed by atoms with E-state index in [9.17, 15) is 9.59 Å². The third-order valence-corrected chi connectivity index (χ3v) is 11.7. The number of allylic oxidation sites excluding steroid dienone is 6. The second kappa shape index (κ2) is 51.5. The van der Waals surface area contributed by atoms with Crippen molar-refractivity contribution in [3.05, 3.63) is 36.5 Å². The fraction of sp³-hybridized carbons (Fsp3) is 0.855. The van der Waals surface area contributed by atoms with Crippen molar-refractivity contribution in [2.45, 2.75) is 284 Å². The average molecular weight is 843 g/mol. The highest BCUT2D eigenvalue weighted by atomic mass is 16.6. The third kappa shape index (κ3) is 48.8. The van der Waals surface area contributed by atoms with Crippen molar-refractivity contribution in [2.75, 3.05) is 19.8 Å². The number of ether oxygens (including phenoxy) is 3. The first-order valence-electron chi connectivity index (χ1n) is 26.5. The molecule has 0 aliphatic rings. The van der Waals surface area contributed by atoms with Crippen LogP contribution >= 0.6 is 0 Å². The van der Waals surface area contributed by atoms with Gasteiger partial charge in [0.15, 0.2) is 6.10 Å². The van der Waals surface area contributed by atoms with E-state index in [1.807, 2.05) is 0 Å². The molecule has 0 bridgehead atoms. The second-order valence-electron chi connectivity index (χ2n) is 17.8. The van der Waals surface area contributed by atoms with E-state index in [2.05, 4.69) is 57.2 Å². The van der Waals surface area contributed by atoms with Crippen LogP contribution in [0.3, 0.4) is 0 Å². The summed E-state index contributed by atoms with van der Waals surface area (Å²) < 4.78 is 17.4. The topological polar surface area (TPSA) is 61.8 Å². The molecule has 0 aromatic carbocycles. The van der Waals surface area contributed by atoms with E-state index in [1.54, 1.807) is 0 Å². The molecule has 0 heterocycles. The maximum Gasteiger partial charge on any atom is 0.306 e. The summed E-state index contributed by atoms with van der Waals surface area (Å²) in [5.74, 6) is -0.397. The molecule has 0 aromatic rings. The van der Waals surface area contributed by atoms with E-state index < -0.39 is 6.10 Å². The number of unbranched alkanes of at least 4 members (excludes halogenated alkanes) is 32. The van der Waals surface area contributed by atoms with Gasteiger partial charge < -0.3 is 14.2 Å². The zero-order valence-electron chi connectivity index (χ0n) is 40.5. The predicted molar refractivity (Wildman–Crippen MR) is 261 cm³/mol. The van der Waals surface area contributed by atoms with Crippen LogP contribution in [0, 0.1) is 0 Å². The highest BCUT2D eigenvalue weighted by Crippen LogP contribution is 2.16. The van der Waals surface area contributed by atoms with E-state index in [4.69, 9.17) is 14.2 Å². The van der Waals surface area contributed by atoms with Crippen LogP contribution in [-0.2, 0) is 23.8 Å². The molecule has 60 heavy (non-hydrogen) atoms. The van der Waals surface area contributed by atoms with Gasteiger partial charge >= 0.3 is 11.9 Å². The summed E-state index contributed by atoms with van der Waals surface area (Å²) in [7, 11) is 0. The molecule has 0 aliphatic carbocycles. The number of hydrogen-bond acceptors (Lipinski definition) is 5. The minimum absolute atomic E-state index is 0.0839. The lowest BCUT2D eigenvalue weighted by Crippen LogP contribution is -2.30. The molecule has 1 unspecified atom stereocenters. The minimum atomic E-state index is -0.534. The number of carbonyl (C=O) groups is 2. The molecule has 0 N–H and O–H groups in total. The molecule has 0 rings (SSSR count). The normalized spacial score (nSPS) is 12.4. The van der Waals surface area contributed by atoms with Crippen LogP contribution in [-0.4, -0.2) is 37.9 Å². The minimum Gasteiger partial charge on any atom is -0.462 e. The lowest BCUT2D eigenvalue weighted by atomic mass is 10.0. The highest BCUT2D eigenvalue weighted by molar-refractivity contribution is 5.70. The van der Waals surface area contributed by atoms with Crippen LogP contribution in [0.15, 0.2) is 36.5 Å². The smallest absolute Gasteiger partial charge is 0.306 e. The first kappa shape index (κ1) is 58.1. The zero-order chi connectivity index (χ0) is 43.5. The fourth-order valence-electron chi connectivity index (χ4n) is 7.69. The molecule has 5 nitrogen and oxygen atoms in total. The van der Waals surface area contributed by atoms with Crippen molar-refractivity contribution >= 4 is 11.9 Å². The van der Waals surface area contributed by atoms with Crippen LogP contribution in [0.4, 0.5) is 0 Å². The first-order valence-corrected chi connectivity index (χ1v) is 26.5. The summed E-state index contributed by atoms with van der Waals surface area (Å²) in [6.07, 6.45) is 61.5. The molecule has 1 atom stereocenters. The van der Waals surface area contributed by atoms with E-state index in [0.717, 1.165) is 64.2 Å². The quantitative estimate of drug-likeness (QED) is 0.0347. The molecule has 0 fully saturated rings. The van der Waals surface area contributed by atoms with Crippen molar-refractivity contribution in [2.24, 2.45) is 0 Å². The summed E-state index contributed by atoms with van der Waals surface area (Å²) in [4.78, 5) is 25.4. The van der Waals surface area contributed by atoms with E-state index >= 15 is 0 Å². The maximum atomic E-state index is 12.8. The van der Waals surface area contributed by atoms with Gasteiger partial charge in [-0.15, -0.1) is 0 Å². The maximum absolute atomic E-state index is 12.8. The monoisotopic (exact) mass is 843 g/mol. The number of rotatable bonds is 49. The molecule has 0 amide bonds. The molecule has 0 radical (unpaired) electrons. The first-order chi connectivity index (χ1) is 29.6. The van der Waals surface area contributed by atoms with Gasteiger partial charge in [-0.1, -0.05) is 243 Å². The van der Waals surface area contributed by atoms with Crippen molar-refractivity contribution in [1.82, 2.24) is 0 Å². The highest BCUT2D eigenvalue weighted by Gasteiger charge is 2.17. The summed E-state index contributed by atoms with van der Waals surface area (Å²) in [6.45, 7) is 7.82. The Bertz CT molecular complexity index is 955. The SMILES string of the molecule is CCCCC/C=C\C/C=C\C/C=C\CCCCCCCCC(=O)OCC(COCCCCCCCCCC)OC(=O)CCCCCCCCCCCCCCCCCCC. The number of carbonyl (C=O) groups excluding carboxylic acids is 2. The Morgan fingerprint density at radius 2 is 0.700 bits per heavy atom. The van der Waals surface area contributed by atoms with Crippen molar-refractivity contribution in [1.29, 1.82) is 0 Å². The molecule has 5 heteroatoms. The Kier molecular flexibility index (Phi) is 49.9. The molecule has 0 saturated carbocycles.